The third-order valence-electron chi connectivity index (χ3n) is 6.65. The lowest BCUT2D eigenvalue weighted by Gasteiger charge is -2.38. The number of rotatable bonds is 5. The second kappa shape index (κ2) is 8.47. The maximum Gasteiger partial charge on any atom is 0.243 e. The fraction of sp³-hybridized carbons (Fsp3) is 0.364. The van der Waals surface area contributed by atoms with Gasteiger partial charge in [-0.3, -0.25) is 9.79 Å². The molecule has 0 amide bonds. The van der Waals surface area contributed by atoms with Gasteiger partial charge in [0.05, 0.1) is 23.4 Å². The van der Waals surface area contributed by atoms with Crippen molar-refractivity contribution in [1.82, 2.24) is 24.2 Å². The molecule has 2 aliphatic rings. The number of aryl methyl sites for hydroxylation is 1. The minimum Gasteiger partial charge on any atom is -0.382 e. The average molecular weight is 517 g/mol. The van der Waals surface area contributed by atoms with Gasteiger partial charge in [-0.05, 0) is 37.1 Å². The Morgan fingerprint density at radius 2 is 1.91 bits per heavy atom. The summed E-state index contributed by atoms with van der Waals surface area (Å²) in [6, 6.07) is 7.10. The average Bonchev–Trinajstić information content (AvgIpc) is 3.39. The standard InChI is InChI=1S/C22H25ClN8O3S/c1-30-7-4-13-10-14(2-3-15(13)30)35(33,34)31-8-5-22(6-9-31)12-26-17(29-22)11-16(32)18-20(24)28-21(25)19(23)27-18/h2-4,7,10H,5-6,8-9,11-12H2,1H3,(H,26,29)(H4,24,25,28). The van der Waals surface area contributed by atoms with E-state index in [2.05, 4.69) is 20.3 Å². The van der Waals surface area contributed by atoms with Crippen LogP contribution in [0.4, 0.5) is 11.6 Å². The Balaban J connectivity index is 1.23. The smallest absolute Gasteiger partial charge is 0.243 e. The first-order valence-electron chi connectivity index (χ1n) is 11.1. The zero-order valence-corrected chi connectivity index (χ0v) is 20.6. The Kier molecular flexibility index (Phi) is 5.69. The Labute approximate surface area is 207 Å². The number of amidine groups is 1. The number of ketones is 1. The fourth-order valence-corrected chi connectivity index (χ4v) is 6.23. The molecule has 0 bridgehead atoms. The quantitative estimate of drug-likeness (QED) is 0.430. The molecule has 184 valence electrons. The van der Waals surface area contributed by atoms with Crippen LogP contribution in [0.5, 0.6) is 0 Å². The molecule has 0 atom stereocenters. The molecule has 4 heterocycles. The van der Waals surface area contributed by atoms with Crippen molar-refractivity contribution in [3.8, 4) is 0 Å². The third-order valence-corrected chi connectivity index (χ3v) is 8.83. The van der Waals surface area contributed by atoms with Crippen molar-refractivity contribution in [3.05, 3.63) is 41.3 Å². The molecule has 1 aromatic carbocycles. The van der Waals surface area contributed by atoms with E-state index in [1.165, 1.54) is 4.31 Å². The number of benzene rings is 1. The summed E-state index contributed by atoms with van der Waals surface area (Å²) in [6.07, 6.45) is 3.00. The molecule has 11 nitrogen and oxygen atoms in total. The van der Waals surface area contributed by atoms with E-state index in [1.807, 2.05) is 29.9 Å². The molecule has 13 heteroatoms. The summed E-state index contributed by atoms with van der Waals surface area (Å²) in [5.74, 6) is 0.00493. The van der Waals surface area contributed by atoms with Gasteiger partial charge < -0.3 is 21.4 Å². The second-order valence-corrected chi connectivity index (χ2v) is 11.2. The zero-order chi connectivity index (χ0) is 25.0. The van der Waals surface area contributed by atoms with Crippen LogP contribution in [0.15, 0.2) is 40.4 Å². The Morgan fingerprint density at radius 3 is 2.66 bits per heavy atom. The number of nitrogen functional groups attached to an aromatic ring is 2. The van der Waals surface area contributed by atoms with Crippen molar-refractivity contribution in [1.29, 1.82) is 0 Å². The molecular formula is C22H25ClN8O3S. The number of hydrogen-bond donors (Lipinski definition) is 3. The number of Topliss-reactive ketones (excluding diaryl/α,β-unsaturated/α-hetero) is 1. The zero-order valence-electron chi connectivity index (χ0n) is 19.0. The minimum atomic E-state index is -3.62. The van der Waals surface area contributed by atoms with Crippen molar-refractivity contribution >= 4 is 55.8 Å². The summed E-state index contributed by atoms with van der Waals surface area (Å²) in [4.78, 5) is 25.3. The van der Waals surface area contributed by atoms with Crippen LogP contribution in [0.2, 0.25) is 5.15 Å². The number of piperidine rings is 1. The summed E-state index contributed by atoms with van der Waals surface area (Å²) in [5.41, 5.74) is 11.9. The van der Waals surface area contributed by atoms with Gasteiger partial charge >= 0.3 is 0 Å². The predicted molar refractivity (Wildman–Crippen MR) is 134 cm³/mol. The summed E-state index contributed by atoms with van der Waals surface area (Å²) in [7, 11) is -1.70. The number of carbonyl (C=O) groups excluding carboxylic acids is 1. The molecule has 0 aliphatic carbocycles. The fourth-order valence-electron chi connectivity index (χ4n) is 4.62. The van der Waals surface area contributed by atoms with Crippen LogP contribution in [0.1, 0.15) is 29.8 Å². The van der Waals surface area contributed by atoms with Gasteiger partial charge in [0.25, 0.3) is 0 Å². The van der Waals surface area contributed by atoms with E-state index in [-0.39, 0.29) is 45.1 Å². The molecular weight excluding hydrogens is 492 g/mol. The molecule has 1 saturated heterocycles. The van der Waals surface area contributed by atoms with Gasteiger partial charge in [0.15, 0.2) is 28.3 Å². The molecule has 3 aromatic rings. The molecule has 0 unspecified atom stereocenters. The van der Waals surface area contributed by atoms with Gasteiger partial charge in [-0.15, -0.1) is 0 Å². The first kappa shape index (κ1) is 23.5. The van der Waals surface area contributed by atoms with Crippen LogP contribution in [0.3, 0.4) is 0 Å². The Bertz CT molecular complexity index is 1480. The number of carbonyl (C=O) groups is 1. The number of nitrogens with zero attached hydrogens (tertiary/aromatic N) is 5. The summed E-state index contributed by atoms with van der Waals surface area (Å²) < 4.78 is 30.0. The normalized spacial score (nSPS) is 18.1. The van der Waals surface area contributed by atoms with E-state index in [4.69, 9.17) is 23.1 Å². The highest BCUT2D eigenvalue weighted by Crippen LogP contribution is 2.31. The van der Waals surface area contributed by atoms with Gasteiger partial charge in [-0.2, -0.15) is 4.31 Å². The largest absolute Gasteiger partial charge is 0.382 e. The van der Waals surface area contributed by atoms with Gasteiger partial charge in [0, 0.05) is 37.2 Å². The molecule has 1 fully saturated rings. The van der Waals surface area contributed by atoms with E-state index in [1.54, 1.807) is 12.1 Å². The molecule has 0 radical (unpaired) electrons. The monoisotopic (exact) mass is 516 g/mol. The summed E-state index contributed by atoms with van der Waals surface area (Å²) >= 11 is 5.88. The van der Waals surface area contributed by atoms with Crippen molar-refractivity contribution in [2.24, 2.45) is 12.0 Å². The number of halogens is 1. The van der Waals surface area contributed by atoms with Crippen LogP contribution in [0.25, 0.3) is 10.9 Å². The van der Waals surface area contributed by atoms with Crippen molar-refractivity contribution in [3.63, 3.8) is 0 Å². The highest BCUT2D eigenvalue weighted by atomic mass is 35.5. The van der Waals surface area contributed by atoms with Gasteiger partial charge in [-0.25, -0.2) is 18.4 Å². The highest BCUT2D eigenvalue weighted by molar-refractivity contribution is 7.89. The molecule has 2 aromatic heterocycles. The molecule has 2 aliphatic heterocycles. The number of aliphatic imine (C=N–C) groups is 1. The lowest BCUT2D eigenvalue weighted by Crippen LogP contribution is -2.54. The van der Waals surface area contributed by atoms with Gasteiger partial charge in [-0.1, -0.05) is 11.6 Å². The Hall–Kier alpha value is -3.22. The number of sulfonamides is 1. The van der Waals surface area contributed by atoms with Crippen LogP contribution < -0.4 is 16.8 Å². The number of hydrogen-bond acceptors (Lipinski definition) is 9. The van der Waals surface area contributed by atoms with Crippen LogP contribution in [-0.2, 0) is 17.1 Å². The Morgan fingerprint density at radius 1 is 1.17 bits per heavy atom. The SMILES string of the molecule is Cn1ccc2cc(S(=O)(=O)N3CCC4(CC3)CN=C(CC(=O)c3nc(Cl)c(N)nc3N)N4)ccc21. The van der Waals surface area contributed by atoms with Gasteiger partial charge in [0.2, 0.25) is 10.0 Å². The first-order chi connectivity index (χ1) is 16.6. The summed E-state index contributed by atoms with van der Waals surface area (Å²) in [5, 5.41) is 4.15. The van der Waals surface area contributed by atoms with Crippen LogP contribution in [-0.4, -0.2) is 64.1 Å². The van der Waals surface area contributed by atoms with Crippen LogP contribution >= 0.6 is 11.6 Å². The number of anilines is 2. The first-order valence-corrected chi connectivity index (χ1v) is 12.9. The topological polar surface area (TPSA) is 162 Å². The maximum absolute atomic E-state index is 13.3. The van der Waals surface area contributed by atoms with E-state index >= 15 is 0 Å². The molecule has 0 saturated carbocycles. The lowest BCUT2D eigenvalue weighted by atomic mass is 9.89. The predicted octanol–water partition coefficient (Wildman–Crippen LogP) is 1.58. The van der Waals surface area contributed by atoms with E-state index in [0.29, 0.717) is 38.3 Å². The van der Waals surface area contributed by atoms with Crippen molar-refractivity contribution in [2.75, 3.05) is 31.1 Å². The van der Waals surface area contributed by atoms with Crippen molar-refractivity contribution in [2.45, 2.75) is 29.7 Å². The maximum atomic E-state index is 13.3. The van der Waals surface area contributed by atoms with Crippen molar-refractivity contribution < 1.29 is 13.2 Å². The summed E-state index contributed by atoms with van der Waals surface area (Å²) in [6.45, 7) is 1.17. The molecule has 5 rings (SSSR count). The van der Waals surface area contributed by atoms with E-state index < -0.39 is 10.0 Å². The third kappa shape index (κ3) is 4.21. The molecule has 5 N–H and O–H groups in total. The molecule has 1 spiro atoms. The number of fused-ring (bicyclic) bond motifs is 1. The second-order valence-electron chi connectivity index (χ2n) is 8.95. The van der Waals surface area contributed by atoms with E-state index in [9.17, 15) is 13.2 Å². The van der Waals surface area contributed by atoms with Gasteiger partial charge in [0.1, 0.15) is 5.84 Å². The minimum absolute atomic E-state index is 0.0404. The highest BCUT2D eigenvalue weighted by Gasteiger charge is 2.42. The lowest BCUT2D eigenvalue weighted by molar-refractivity contribution is 0.0995. The number of nitrogens with one attached hydrogen (secondary N) is 1. The molecule has 35 heavy (non-hydrogen) atoms. The number of nitrogens with two attached hydrogens (primary N) is 2. The van der Waals surface area contributed by atoms with E-state index in [0.717, 1.165) is 10.9 Å². The van der Waals surface area contributed by atoms with Crippen LogP contribution in [0, 0.1) is 0 Å². The number of aromatic nitrogens is 3.